The highest BCUT2D eigenvalue weighted by Crippen LogP contribution is 2.16. The summed E-state index contributed by atoms with van der Waals surface area (Å²) in [4.78, 5) is 16.1. The van der Waals surface area contributed by atoms with Gasteiger partial charge in [-0.3, -0.25) is 14.5 Å². The molecule has 0 aliphatic heterocycles. The van der Waals surface area contributed by atoms with Gasteiger partial charge in [0.2, 0.25) is 0 Å². The molecule has 0 aliphatic carbocycles. The monoisotopic (exact) mass is 372 g/mol. The van der Waals surface area contributed by atoms with Crippen molar-refractivity contribution in [1.82, 2.24) is 15.5 Å². The minimum atomic E-state index is -3.81. The van der Waals surface area contributed by atoms with E-state index in [0.29, 0.717) is 17.9 Å². The van der Waals surface area contributed by atoms with Crippen LogP contribution in [0.15, 0.2) is 64.3 Å². The molecule has 0 radical (unpaired) electrons. The van der Waals surface area contributed by atoms with Gasteiger partial charge in [0.15, 0.2) is 5.82 Å². The number of carbonyl (C=O) groups is 1. The fourth-order valence-electron chi connectivity index (χ4n) is 2.18. The Morgan fingerprint density at radius 1 is 1.19 bits per heavy atom. The van der Waals surface area contributed by atoms with E-state index in [1.54, 1.807) is 25.4 Å². The van der Waals surface area contributed by atoms with Crippen LogP contribution in [-0.4, -0.2) is 24.5 Å². The first kappa shape index (κ1) is 17.6. The lowest BCUT2D eigenvalue weighted by Gasteiger charge is -2.07. The number of rotatable bonds is 6. The van der Waals surface area contributed by atoms with Crippen molar-refractivity contribution in [3.05, 3.63) is 71.7 Å². The molecule has 0 atom stereocenters. The van der Waals surface area contributed by atoms with Crippen LogP contribution in [-0.2, 0) is 16.6 Å². The third-order valence-corrected chi connectivity index (χ3v) is 4.84. The maximum Gasteiger partial charge on any atom is 0.263 e. The van der Waals surface area contributed by atoms with Gasteiger partial charge in [0.1, 0.15) is 5.76 Å². The summed E-state index contributed by atoms with van der Waals surface area (Å²) < 4.78 is 31.7. The quantitative estimate of drug-likeness (QED) is 0.685. The first-order valence-corrected chi connectivity index (χ1v) is 9.16. The third-order valence-electron chi connectivity index (χ3n) is 3.47. The Labute approximate surface area is 150 Å². The van der Waals surface area contributed by atoms with Crippen molar-refractivity contribution < 1.29 is 17.7 Å². The summed E-state index contributed by atoms with van der Waals surface area (Å²) in [5.74, 6) is 0.280. The normalized spacial score (nSPS) is 11.1. The van der Waals surface area contributed by atoms with Gasteiger partial charge in [0, 0.05) is 30.6 Å². The highest BCUT2D eigenvalue weighted by atomic mass is 32.2. The number of carbonyl (C=O) groups excluding carboxylic acids is 1. The largest absolute Gasteiger partial charge is 0.360 e. The van der Waals surface area contributed by atoms with Crippen molar-refractivity contribution in [1.29, 1.82) is 0 Å². The molecule has 1 aromatic carbocycles. The van der Waals surface area contributed by atoms with Gasteiger partial charge in [-0.15, -0.1) is 0 Å². The Morgan fingerprint density at radius 3 is 2.58 bits per heavy atom. The number of pyridine rings is 1. The second kappa shape index (κ2) is 7.36. The maximum atomic E-state index is 12.3. The molecule has 0 unspecified atom stereocenters. The number of nitrogens with one attached hydrogen (secondary N) is 2. The molecule has 0 fully saturated rings. The minimum absolute atomic E-state index is 0.0157. The van der Waals surface area contributed by atoms with Crippen molar-refractivity contribution in [2.24, 2.45) is 0 Å². The highest BCUT2D eigenvalue weighted by Gasteiger charge is 2.17. The van der Waals surface area contributed by atoms with Gasteiger partial charge in [-0.2, -0.15) is 0 Å². The van der Waals surface area contributed by atoms with Gasteiger partial charge in [-0.05, 0) is 42.8 Å². The van der Waals surface area contributed by atoms with Crippen LogP contribution in [0.3, 0.4) is 0 Å². The lowest BCUT2D eigenvalue weighted by Crippen LogP contribution is -2.23. The van der Waals surface area contributed by atoms with E-state index in [4.69, 9.17) is 4.52 Å². The average Bonchev–Trinajstić information content (AvgIpc) is 3.04. The Balaban J connectivity index is 1.66. The molecular formula is C17H16N4O4S. The summed E-state index contributed by atoms with van der Waals surface area (Å²) in [6.07, 6.45) is 3.31. The topological polar surface area (TPSA) is 114 Å². The van der Waals surface area contributed by atoms with E-state index in [1.807, 2.05) is 6.07 Å². The van der Waals surface area contributed by atoms with Gasteiger partial charge in [-0.1, -0.05) is 11.2 Å². The molecular weight excluding hydrogens is 356 g/mol. The number of hydrogen-bond acceptors (Lipinski definition) is 6. The van der Waals surface area contributed by atoms with Crippen LogP contribution in [0.5, 0.6) is 0 Å². The van der Waals surface area contributed by atoms with Crippen LogP contribution in [0, 0.1) is 6.92 Å². The second-order valence-corrected chi connectivity index (χ2v) is 7.18. The lowest BCUT2D eigenvalue weighted by molar-refractivity contribution is 0.0951. The number of hydrogen-bond donors (Lipinski definition) is 2. The number of benzene rings is 1. The number of anilines is 1. The molecule has 0 saturated heterocycles. The van der Waals surface area contributed by atoms with E-state index in [2.05, 4.69) is 20.2 Å². The molecule has 3 aromatic rings. The Bertz CT molecular complexity index is 999. The zero-order chi connectivity index (χ0) is 18.6. The average molecular weight is 372 g/mol. The molecule has 3 rings (SSSR count). The van der Waals surface area contributed by atoms with Crippen molar-refractivity contribution in [2.75, 3.05) is 4.72 Å². The highest BCUT2D eigenvalue weighted by molar-refractivity contribution is 7.92. The van der Waals surface area contributed by atoms with Crippen LogP contribution in [0.4, 0.5) is 5.82 Å². The molecule has 2 heterocycles. The van der Waals surface area contributed by atoms with Crippen molar-refractivity contribution in [2.45, 2.75) is 18.4 Å². The van der Waals surface area contributed by atoms with Crippen LogP contribution in [0.1, 0.15) is 21.7 Å². The van der Waals surface area contributed by atoms with E-state index in [1.165, 1.54) is 30.3 Å². The maximum absolute atomic E-state index is 12.3. The first-order chi connectivity index (χ1) is 12.4. The van der Waals surface area contributed by atoms with Gasteiger partial charge in [0.25, 0.3) is 15.9 Å². The molecule has 9 heteroatoms. The fraction of sp³-hybridized carbons (Fsp3) is 0.118. The summed E-state index contributed by atoms with van der Waals surface area (Å²) in [7, 11) is -3.81. The van der Waals surface area contributed by atoms with Crippen LogP contribution in [0.25, 0.3) is 0 Å². The van der Waals surface area contributed by atoms with E-state index in [-0.39, 0.29) is 16.6 Å². The zero-order valence-electron chi connectivity index (χ0n) is 13.8. The van der Waals surface area contributed by atoms with Crippen molar-refractivity contribution in [3.63, 3.8) is 0 Å². The summed E-state index contributed by atoms with van der Waals surface area (Å²) in [6.45, 7) is 1.99. The van der Waals surface area contributed by atoms with Crippen molar-refractivity contribution in [3.8, 4) is 0 Å². The van der Waals surface area contributed by atoms with Gasteiger partial charge < -0.3 is 9.84 Å². The molecule has 8 nitrogen and oxygen atoms in total. The SMILES string of the molecule is Cc1cc(NS(=O)(=O)c2ccc(C(=O)NCc3cccnc3)cc2)no1. The second-order valence-electron chi connectivity index (χ2n) is 5.50. The summed E-state index contributed by atoms with van der Waals surface area (Å²) in [5.41, 5.74) is 1.22. The molecule has 1 amide bonds. The third kappa shape index (κ3) is 4.25. The van der Waals surface area contributed by atoms with Gasteiger partial charge >= 0.3 is 0 Å². The number of amides is 1. The lowest BCUT2D eigenvalue weighted by atomic mass is 10.2. The van der Waals surface area contributed by atoms with Gasteiger partial charge in [0.05, 0.1) is 4.90 Å². The fourth-order valence-corrected chi connectivity index (χ4v) is 3.17. The summed E-state index contributed by atoms with van der Waals surface area (Å²) in [6, 6.07) is 10.7. The minimum Gasteiger partial charge on any atom is -0.360 e. The van der Waals surface area contributed by atoms with Crippen LogP contribution < -0.4 is 10.0 Å². The first-order valence-electron chi connectivity index (χ1n) is 7.67. The van der Waals surface area contributed by atoms with E-state index in [0.717, 1.165) is 5.56 Å². The smallest absolute Gasteiger partial charge is 0.263 e. The summed E-state index contributed by atoms with van der Waals surface area (Å²) >= 11 is 0. The predicted molar refractivity (Wildman–Crippen MR) is 93.9 cm³/mol. The molecule has 0 saturated carbocycles. The molecule has 2 aromatic heterocycles. The van der Waals surface area contributed by atoms with Crippen molar-refractivity contribution >= 4 is 21.7 Å². The van der Waals surface area contributed by atoms with Crippen LogP contribution >= 0.6 is 0 Å². The van der Waals surface area contributed by atoms with E-state index in [9.17, 15) is 13.2 Å². The van der Waals surface area contributed by atoms with E-state index < -0.39 is 10.0 Å². The number of aromatic nitrogens is 2. The molecule has 134 valence electrons. The number of aryl methyl sites for hydroxylation is 1. The molecule has 2 N–H and O–H groups in total. The molecule has 26 heavy (non-hydrogen) atoms. The standard InChI is InChI=1S/C17H16N4O4S/c1-12-9-16(20-25-12)21-26(23,24)15-6-4-14(5-7-15)17(22)19-11-13-3-2-8-18-10-13/h2-10H,11H2,1H3,(H,19,22)(H,20,21). The number of nitrogens with zero attached hydrogens (tertiary/aromatic N) is 2. The summed E-state index contributed by atoms with van der Waals surface area (Å²) in [5, 5.41) is 6.34. The Hall–Kier alpha value is -3.20. The predicted octanol–water partition coefficient (Wildman–Crippen LogP) is 2.11. The van der Waals surface area contributed by atoms with E-state index >= 15 is 0 Å². The van der Waals surface area contributed by atoms with Gasteiger partial charge in [-0.25, -0.2) is 8.42 Å². The zero-order valence-corrected chi connectivity index (χ0v) is 14.7. The molecule has 0 spiro atoms. The van der Waals surface area contributed by atoms with Crippen LogP contribution in [0.2, 0.25) is 0 Å². The molecule has 0 aliphatic rings. The Kier molecular flexibility index (Phi) is 4.99. The number of sulfonamides is 1. The Morgan fingerprint density at radius 2 is 1.96 bits per heavy atom. The molecule has 0 bridgehead atoms.